The second-order valence-electron chi connectivity index (χ2n) is 8.74. The monoisotopic (exact) mass is 488 g/mol. The first kappa shape index (κ1) is 22.7. The van der Waals surface area contributed by atoms with E-state index in [9.17, 15) is 10.5 Å². The van der Waals surface area contributed by atoms with E-state index >= 15 is 0 Å². The first-order valence-corrected chi connectivity index (χ1v) is 12.0. The molecular weight excluding hydrogens is 468 g/mol. The molecule has 2 aromatic heterocycles. The predicted molar refractivity (Wildman–Crippen MR) is 150 cm³/mol. The summed E-state index contributed by atoms with van der Waals surface area (Å²) in [6.07, 6.45) is 11.3. The predicted octanol–water partition coefficient (Wildman–Crippen LogP) is 6.55. The van der Waals surface area contributed by atoms with Crippen molar-refractivity contribution < 1.29 is 0 Å². The topological polar surface area (TPSA) is 104 Å². The number of allylic oxidation sites excluding steroid dienone is 4. The minimum Gasteiger partial charge on any atom is -0.353 e. The number of nitriles is 2. The molecule has 0 spiro atoms. The van der Waals surface area contributed by atoms with Crippen LogP contribution in [0.5, 0.6) is 0 Å². The van der Waals surface area contributed by atoms with Gasteiger partial charge in [0.05, 0.1) is 46.0 Å². The first-order chi connectivity index (χ1) is 18.7. The van der Waals surface area contributed by atoms with Crippen LogP contribution in [0.25, 0.3) is 22.5 Å². The van der Waals surface area contributed by atoms with Crippen molar-refractivity contribution in [2.24, 2.45) is 9.98 Å². The molecule has 0 aliphatic carbocycles. The molecule has 0 radical (unpaired) electrons. The van der Waals surface area contributed by atoms with Gasteiger partial charge < -0.3 is 9.97 Å². The van der Waals surface area contributed by atoms with Gasteiger partial charge in [0.1, 0.15) is 0 Å². The summed E-state index contributed by atoms with van der Waals surface area (Å²) in [7, 11) is 0. The second kappa shape index (κ2) is 9.73. The van der Waals surface area contributed by atoms with E-state index < -0.39 is 0 Å². The molecule has 6 nitrogen and oxygen atoms in total. The summed E-state index contributed by atoms with van der Waals surface area (Å²) < 4.78 is 0. The van der Waals surface area contributed by atoms with Crippen LogP contribution in [0.3, 0.4) is 0 Å². The standard InChI is InChI=1S/C32H20N6/c33-19-21-5-9-23(10-6-21)31(27-3-1-17-35-27)29-15-13-25(37-29)26-14-16-30(38-26)32(28-4-2-18-36-28)24-11-7-22(20-34)8-12-24/h1-18,37-38H/b31-27-,32-28?. The molecule has 0 amide bonds. The third-order valence-corrected chi connectivity index (χ3v) is 6.43. The average molecular weight is 489 g/mol. The molecule has 2 N–H and O–H groups in total. The number of nitrogens with zero attached hydrogens (tertiary/aromatic N) is 4. The quantitative estimate of drug-likeness (QED) is 0.332. The summed E-state index contributed by atoms with van der Waals surface area (Å²) in [5.74, 6) is 0. The van der Waals surface area contributed by atoms with Gasteiger partial charge in [0, 0.05) is 35.0 Å². The number of hydrogen-bond acceptors (Lipinski definition) is 4. The van der Waals surface area contributed by atoms with Crippen LogP contribution in [-0.4, -0.2) is 22.4 Å². The molecule has 0 saturated carbocycles. The summed E-state index contributed by atoms with van der Waals surface area (Å²) in [5.41, 5.74) is 10.5. The normalized spacial score (nSPS) is 16.1. The molecule has 4 aromatic rings. The lowest BCUT2D eigenvalue weighted by Crippen LogP contribution is -1.93. The van der Waals surface area contributed by atoms with Crippen molar-refractivity contribution in [1.82, 2.24) is 9.97 Å². The maximum Gasteiger partial charge on any atom is 0.0991 e. The van der Waals surface area contributed by atoms with Crippen LogP contribution in [0.1, 0.15) is 33.6 Å². The molecule has 178 valence electrons. The minimum absolute atomic E-state index is 0.614. The number of H-pyrrole nitrogens is 2. The Labute approximate surface area is 219 Å². The van der Waals surface area contributed by atoms with Crippen LogP contribution < -0.4 is 0 Å². The Morgan fingerprint density at radius 2 is 0.974 bits per heavy atom. The number of aromatic nitrogens is 2. The Morgan fingerprint density at radius 3 is 1.32 bits per heavy atom. The average Bonchev–Trinajstić information content (AvgIpc) is 3.78. The van der Waals surface area contributed by atoms with E-state index in [0.717, 1.165) is 56.4 Å². The van der Waals surface area contributed by atoms with Gasteiger partial charge in [-0.25, -0.2) is 0 Å². The Kier molecular flexibility index (Phi) is 5.82. The summed E-state index contributed by atoms with van der Waals surface area (Å²) in [6.45, 7) is 0. The van der Waals surface area contributed by atoms with Crippen molar-refractivity contribution in [3.05, 3.63) is 142 Å². The van der Waals surface area contributed by atoms with Crippen molar-refractivity contribution in [2.75, 3.05) is 0 Å². The highest BCUT2D eigenvalue weighted by molar-refractivity contribution is 5.90. The van der Waals surface area contributed by atoms with E-state index in [-0.39, 0.29) is 0 Å². The molecule has 4 heterocycles. The molecule has 2 aromatic carbocycles. The van der Waals surface area contributed by atoms with Gasteiger partial charge in [-0.1, -0.05) is 24.3 Å². The summed E-state index contributed by atoms with van der Waals surface area (Å²) in [4.78, 5) is 16.2. The number of nitrogens with one attached hydrogen (secondary N) is 2. The van der Waals surface area contributed by atoms with Crippen LogP contribution in [-0.2, 0) is 0 Å². The van der Waals surface area contributed by atoms with Gasteiger partial charge in [0.2, 0.25) is 0 Å². The van der Waals surface area contributed by atoms with Crippen LogP contribution in [0, 0.1) is 22.7 Å². The van der Waals surface area contributed by atoms with E-state index in [4.69, 9.17) is 0 Å². The van der Waals surface area contributed by atoms with Gasteiger partial charge in [0.15, 0.2) is 0 Å². The first-order valence-electron chi connectivity index (χ1n) is 12.0. The molecular formula is C32H20N6. The van der Waals surface area contributed by atoms with Gasteiger partial charge in [0.25, 0.3) is 0 Å². The number of aliphatic imine (C=N–C) groups is 2. The Hall–Kier alpha value is -5.72. The van der Waals surface area contributed by atoms with Gasteiger partial charge in [-0.3, -0.25) is 9.98 Å². The van der Waals surface area contributed by atoms with Crippen molar-refractivity contribution in [3.63, 3.8) is 0 Å². The maximum atomic E-state index is 9.20. The third-order valence-electron chi connectivity index (χ3n) is 6.43. The zero-order chi connectivity index (χ0) is 25.9. The van der Waals surface area contributed by atoms with Crippen molar-refractivity contribution in [2.45, 2.75) is 0 Å². The lowest BCUT2D eigenvalue weighted by molar-refractivity contribution is 1.27. The number of hydrogen-bond donors (Lipinski definition) is 2. The minimum atomic E-state index is 0.614. The van der Waals surface area contributed by atoms with E-state index in [0.29, 0.717) is 11.1 Å². The van der Waals surface area contributed by atoms with Crippen molar-refractivity contribution >= 4 is 23.6 Å². The highest BCUT2D eigenvalue weighted by Gasteiger charge is 2.17. The highest BCUT2D eigenvalue weighted by atomic mass is 14.8. The lowest BCUT2D eigenvalue weighted by Gasteiger charge is -2.09. The maximum absolute atomic E-state index is 9.20. The van der Waals surface area contributed by atoms with Gasteiger partial charge in [-0.15, -0.1) is 0 Å². The summed E-state index contributed by atoms with van der Waals surface area (Å²) in [5, 5.41) is 18.4. The molecule has 2 aliphatic heterocycles. The SMILES string of the molecule is N#Cc1ccc(C(=C2C=CC=N2)c2ccc(-c3ccc(/C(=C4/C=CC=N4)c4ccc(C#N)cc4)[nH]3)[nH]2)cc1. The molecule has 38 heavy (non-hydrogen) atoms. The van der Waals surface area contributed by atoms with Crippen molar-refractivity contribution in [1.29, 1.82) is 10.5 Å². The van der Waals surface area contributed by atoms with Crippen LogP contribution in [0.2, 0.25) is 0 Å². The number of benzene rings is 2. The Morgan fingerprint density at radius 1 is 0.553 bits per heavy atom. The molecule has 0 atom stereocenters. The number of aromatic amines is 2. The molecule has 0 fully saturated rings. The zero-order valence-corrected chi connectivity index (χ0v) is 20.2. The van der Waals surface area contributed by atoms with E-state index in [1.54, 1.807) is 12.4 Å². The van der Waals surface area contributed by atoms with E-state index in [2.05, 4.69) is 32.1 Å². The van der Waals surface area contributed by atoms with Gasteiger partial charge >= 0.3 is 0 Å². The lowest BCUT2D eigenvalue weighted by atomic mass is 9.99. The smallest absolute Gasteiger partial charge is 0.0991 e. The van der Waals surface area contributed by atoms with Gasteiger partial charge in [-0.2, -0.15) is 10.5 Å². The molecule has 0 bridgehead atoms. The fraction of sp³-hybridized carbons (Fsp3) is 0. The zero-order valence-electron chi connectivity index (χ0n) is 20.2. The number of rotatable bonds is 5. The summed E-state index contributed by atoms with van der Waals surface area (Å²) in [6, 6.07) is 27.6. The third kappa shape index (κ3) is 4.24. The van der Waals surface area contributed by atoms with Crippen LogP contribution >= 0.6 is 0 Å². The Bertz CT molecular complexity index is 1640. The van der Waals surface area contributed by atoms with E-state index in [1.165, 1.54) is 0 Å². The second-order valence-corrected chi connectivity index (χ2v) is 8.74. The van der Waals surface area contributed by atoms with Gasteiger partial charge in [-0.05, 0) is 84.0 Å². The largest absolute Gasteiger partial charge is 0.353 e. The van der Waals surface area contributed by atoms with Crippen LogP contribution in [0.15, 0.2) is 118 Å². The molecule has 6 heteroatoms. The van der Waals surface area contributed by atoms with Crippen molar-refractivity contribution in [3.8, 4) is 23.5 Å². The summed E-state index contributed by atoms with van der Waals surface area (Å²) >= 11 is 0. The Balaban J connectivity index is 1.38. The molecule has 2 aliphatic rings. The molecule has 0 unspecified atom stereocenters. The molecule has 6 rings (SSSR count). The fourth-order valence-corrected chi connectivity index (χ4v) is 4.60. The fourth-order valence-electron chi connectivity index (χ4n) is 4.60. The van der Waals surface area contributed by atoms with Crippen LogP contribution in [0.4, 0.5) is 0 Å². The van der Waals surface area contributed by atoms with E-state index in [1.807, 2.05) is 97.1 Å². The molecule has 0 saturated heterocycles. The highest BCUT2D eigenvalue weighted by Crippen LogP contribution is 2.34.